The SMILES string of the molecule is OCC1CCCN1c1nc(Cl)nc(N2CCCC2)n1. The molecule has 3 heterocycles. The van der Waals surface area contributed by atoms with Crippen LogP contribution >= 0.6 is 11.6 Å². The summed E-state index contributed by atoms with van der Waals surface area (Å²) in [5, 5.41) is 9.62. The van der Waals surface area contributed by atoms with Crippen molar-refractivity contribution in [3.63, 3.8) is 0 Å². The van der Waals surface area contributed by atoms with E-state index in [1.807, 2.05) is 4.90 Å². The molecule has 0 spiro atoms. The van der Waals surface area contributed by atoms with Gasteiger partial charge < -0.3 is 14.9 Å². The number of aliphatic hydroxyl groups is 1. The number of halogens is 1. The second-order valence-electron chi connectivity index (χ2n) is 5.07. The van der Waals surface area contributed by atoms with Crippen molar-refractivity contribution in [1.82, 2.24) is 15.0 Å². The van der Waals surface area contributed by atoms with Crippen molar-refractivity contribution in [1.29, 1.82) is 0 Å². The van der Waals surface area contributed by atoms with Crippen LogP contribution in [0.15, 0.2) is 0 Å². The van der Waals surface area contributed by atoms with Crippen LogP contribution in [0.2, 0.25) is 5.28 Å². The summed E-state index contributed by atoms with van der Waals surface area (Å²) in [6.45, 7) is 2.94. The van der Waals surface area contributed by atoms with E-state index in [2.05, 4.69) is 19.9 Å². The van der Waals surface area contributed by atoms with Gasteiger partial charge in [0.05, 0.1) is 12.6 Å². The molecular weight excluding hydrogens is 266 g/mol. The Kier molecular flexibility index (Phi) is 3.70. The van der Waals surface area contributed by atoms with E-state index >= 15 is 0 Å². The molecule has 7 heteroatoms. The van der Waals surface area contributed by atoms with Gasteiger partial charge in [0.2, 0.25) is 17.2 Å². The number of hydrogen-bond acceptors (Lipinski definition) is 6. The fourth-order valence-corrected chi connectivity index (χ4v) is 2.96. The predicted octanol–water partition coefficient (Wildman–Crippen LogP) is 1.09. The molecule has 0 bridgehead atoms. The lowest BCUT2D eigenvalue weighted by Crippen LogP contribution is -2.34. The molecule has 1 N–H and O–H groups in total. The first kappa shape index (κ1) is 12.9. The highest BCUT2D eigenvalue weighted by molar-refractivity contribution is 6.28. The fraction of sp³-hybridized carbons (Fsp3) is 0.750. The van der Waals surface area contributed by atoms with Gasteiger partial charge in [-0.1, -0.05) is 0 Å². The molecule has 2 fully saturated rings. The molecule has 2 aliphatic heterocycles. The maximum Gasteiger partial charge on any atom is 0.231 e. The van der Waals surface area contributed by atoms with Crippen LogP contribution in [-0.2, 0) is 0 Å². The Balaban J connectivity index is 1.88. The van der Waals surface area contributed by atoms with Crippen molar-refractivity contribution in [2.75, 3.05) is 36.0 Å². The fourth-order valence-electron chi connectivity index (χ4n) is 2.81. The van der Waals surface area contributed by atoms with E-state index < -0.39 is 0 Å². The van der Waals surface area contributed by atoms with Crippen LogP contribution < -0.4 is 9.80 Å². The van der Waals surface area contributed by atoms with E-state index in [0.717, 1.165) is 32.5 Å². The summed E-state index contributed by atoms with van der Waals surface area (Å²) in [7, 11) is 0. The number of aromatic nitrogens is 3. The minimum atomic E-state index is 0.102. The third-order valence-electron chi connectivity index (χ3n) is 3.82. The quantitative estimate of drug-likeness (QED) is 0.896. The molecule has 0 radical (unpaired) electrons. The van der Waals surface area contributed by atoms with E-state index in [1.165, 1.54) is 12.8 Å². The highest BCUT2D eigenvalue weighted by atomic mass is 35.5. The Bertz CT molecular complexity index is 452. The smallest absolute Gasteiger partial charge is 0.231 e. The van der Waals surface area contributed by atoms with Gasteiger partial charge in [-0.3, -0.25) is 0 Å². The monoisotopic (exact) mass is 283 g/mol. The van der Waals surface area contributed by atoms with Crippen molar-refractivity contribution >= 4 is 23.5 Å². The standard InChI is InChI=1S/C12H18ClN5O/c13-10-14-11(17-5-1-2-6-17)16-12(15-10)18-7-3-4-9(18)8-19/h9,19H,1-8H2. The zero-order valence-corrected chi connectivity index (χ0v) is 11.6. The molecule has 6 nitrogen and oxygen atoms in total. The van der Waals surface area contributed by atoms with Crippen molar-refractivity contribution < 1.29 is 5.11 Å². The average Bonchev–Trinajstić information content (AvgIpc) is 3.09. The first-order chi connectivity index (χ1) is 9.28. The van der Waals surface area contributed by atoms with Gasteiger partial charge in [0.15, 0.2) is 0 Å². The molecule has 2 aliphatic rings. The summed E-state index contributed by atoms with van der Waals surface area (Å²) in [4.78, 5) is 17.1. The van der Waals surface area contributed by atoms with E-state index in [4.69, 9.17) is 11.6 Å². The van der Waals surface area contributed by atoms with Crippen molar-refractivity contribution in [2.45, 2.75) is 31.7 Å². The van der Waals surface area contributed by atoms with E-state index in [9.17, 15) is 5.11 Å². The number of anilines is 2. The first-order valence-corrected chi connectivity index (χ1v) is 7.20. The second kappa shape index (κ2) is 5.46. The van der Waals surface area contributed by atoms with Gasteiger partial charge in [0, 0.05) is 19.6 Å². The van der Waals surface area contributed by atoms with Crippen LogP contribution in [0, 0.1) is 0 Å². The zero-order chi connectivity index (χ0) is 13.2. The lowest BCUT2D eigenvalue weighted by atomic mass is 10.2. The van der Waals surface area contributed by atoms with E-state index in [1.54, 1.807) is 0 Å². The average molecular weight is 284 g/mol. The van der Waals surface area contributed by atoms with Crippen LogP contribution in [0.25, 0.3) is 0 Å². The molecule has 3 rings (SSSR count). The van der Waals surface area contributed by atoms with Gasteiger partial charge in [-0.2, -0.15) is 15.0 Å². The molecule has 0 aliphatic carbocycles. The van der Waals surface area contributed by atoms with Gasteiger partial charge in [0.25, 0.3) is 0 Å². The number of rotatable bonds is 3. The summed E-state index contributed by atoms with van der Waals surface area (Å²) in [6.07, 6.45) is 4.36. The lowest BCUT2D eigenvalue weighted by molar-refractivity contribution is 0.265. The largest absolute Gasteiger partial charge is 0.394 e. The van der Waals surface area contributed by atoms with Gasteiger partial charge >= 0.3 is 0 Å². The number of hydrogen-bond donors (Lipinski definition) is 1. The van der Waals surface area contributed by atoms with Crippen molar-refractivity contribution in [3.05, 3.63) is 5.28 Å². The van der Waals surface area contributed by atoms with E-state index in [-0.39, 0.29) is 17.9 Å². The van der Waals surface area contributed by atoms with Crippen LogP contribution in [0.1, 0.15) is 25.7 Å². The van der Waals surface area contributed by atoms with Crippen molar-refractivity contribution in [3.8, 4) is 0 Å². The zero-order valence-electron chi connectivity index (χ0n) is 10.8. The second-order valence-corrected chi connectivity index (χ2v) is 5.41. The maximum absolute atomic E-state index is 9.39. The maximum atomic E-state index is 9.39. The van der Waals surface area contributed by atoms with Crippen molar-refractivity contribution in [2.24, 2.45) is 0 Å². The summed E-state index contributed by atoms with van der Waals surface area (Å²) >= 11 is 6.02. The highest BCUT2D eigenvalue weighted by Gasteiger charge is 2.27. The molecule has 104 valence electrons. The van der Waals surface area contributed by atoms with E-state index in [0.29, 0.717) is 11.9 Å². The number of aliphatic hydroxyl groups excluding tert-OH is 1. The predicted molar refractivity (Wildman–Crippen MR) is 73.7 cm³/mol. The lowest BCUT2D eigenvalue weighted by Gasteiger charge is -2.24. The molecule has 1 aromatic rings. The first-order valence-electron chi connectivity index (χ1n) is 6.82. The minimum absolute atomic E-state index is 0.102. The van der Waals surface area contributed by atoms with Gasteiger partial charge in [-0.25, -0.2) is 0 Å². The molecule has 2 saturated heterocycles. The van der Waals surface area contributed by atoms with Gasteiger partial charge in [-0.05, 0) is 37.3 Å². The van der Waals surface area contributed by atoms with Crippen LogP contribution in [0.3, 0.4) is 0 Å². The summed E-state index contributed by atoms with van der Waals surface area (Å²) in [5.74, 6) is 1.26. The topological polar surface area (TPSA) is 65.4 Å². The molecule has 0 saturated carbocycles. The normalized spacial score (nSPS) is 23.4. The molecular formula is C12H18ClN5O. The van der Waals surface area contributed by atoms with Crippen LogP contribution in [0.5, 0.6) is 0 Å². The Labute approximate surface area is 117 Å². The Morgan fingerprint density at radius 2 is 1.79 bits per heavy atom. The third kappa shape index (κ3) is 2.60. The molecule has 1 atom stereocenters. The van der Waals surface area contributed by atoms with Crippen LogP contribution in [-0.4, -0.2) is 52.3 Å². The molecule has 1 unspecified atom stereocenters. The third-order valence-corrected chi connectivity index (χ3v) is 3.99. The Morgan fingerprint density at radius 1 is 1.05 bits per heavy atom. The molecule has 19 heavy (non-hydrogen) atoms. The number of nitrogens with zero attached hydrogens (tertiary/aromatic N) is 5. The molecule has 1 aromatic heterocycles. The summed E-state index contributed by atoms with van der Waals surface area (Å²) in [6, 6.07) is 0.102. The highest BCUT2D eigenvalue weighted by Crippen LogP contribution is 2.25. The summed E-state index contributed by atoms with van der Waals surface area (Å²) < 4.78 is 0. The minimum Gasteiger partial charge on any atom is -0.394 e. The van der Waals surface area contributed by atoms with Crippen LogP contribution in [0.4, 0.5) is 11.9 Å². The Morgan fingerprint density at radius 3 is 2.53 bits per heavy atom. The van der Waals surface area contributed by atoms with Gasteiger partial charge in [-0.15, -0.1) is 0 Å². The van der Waals surface area contributed by atoms with Gasteiger partial charge in [0.1, 0.15) is 0 Å². The Hall–Kier alpha value is -1.14. The molecule has 0 aromatic carbocycles. The summed E-state index contributed by atoms with van der Waals surface area (Å²) in [5.41, 5.74) is 0. The molecule has 0 amide bonds.